The van der Waals surface area contributed by atoms with Gasteiger partial charge in [0.25, 0.3) is 0 Å². The van der Waals surface area contributed by atoms with Crippen LogP contribution >= 0.6 is 0 Å². The van der Waals surface area contributed by atoms with Crippen molar-refractivity contribution in [1.82, 2.24) is 5.32 Å². The molecule has 0 aliphatic rings. The van der Waals surface area contributed by atoms with Gasteiger partial charge < -0.3 is 30.0 Å². The third kappa shape index (κ3) is 5.02. The van der Waals surface area contributed by atoms with Gasteiger partial charge in [-0.15, -0.1) is 0 Å². The SMILES string of the molecule is COc1ccc(NC(=O)NC[C@H](O)c2cc(OC)ccc2OC)cc1. The van der Waals surface area contributed by atoms with E-state index in [1.165, 1.54) is 7.11 Å². The van der Waals surface area contributed by atoms with E-state index in [0.717, 1.165) is 0 Å². The molecule has 0 saturated carbocycles. The van der Waals surface area contributed by atoms with Crippen LogP contribution in [0.2, 0.25) is 0 Å². The molecular formula is C18H22N2O5. The molecule has 7 heteroatoms. The first kappa shape index (κ1) is 18.4. The van der Waals surface area contributed by atoms with Gasteiger partial charge in [-0.1, -0.05) is 0 Å². The van der Waals surface area contributed by atoms with Gasteiger partial charge in [-0.2, -0.15) is 0 Å². The van der Waals surface area contributed by atoms with Crippen LogP contribution in [0.5, 0.6) is 17.2 Å². The topological polar surface area (TPSA) is 89.1 Å². The average Bonchev–Trinajstić information content (AvgIpc) is 2.66. The summed E-state index contributed by atoms with van der Waals surface area (Å²) in [6.07, 6.45) is -0.938. The van der Waals surface area contributed by atoms with Crippen molar-refractivity contribution in [1.29, 1.82) is 0 Å². The number of hydrogen-bond acceptors (Lipinski definition) is 5. The Labute approximate surface area is 146 Å². The van der Waals surface area contributed by atoms with Crippen molar-refractivity contribution >= 4 is 11.7 Å². The van der Waals surface area contributed by atoms with E-state index < -0.39 is 12.1 Å². The zero-order valence-corrected chi connectivity index (χ0v) is 14.4. The van der Waals surface area contributed by atoms with Crippen LogP contribution in [0.15, 0.2) is 42.5 Å². The van der Waals surface area contributed by atoms with Crippen LogP contribution in [0.1, 0.15) is 11.7 Å². The van der Waals surface area contributed by atoms with Crippen LogP contribution in [-0.4, -0.2) is 39.0 Å². The molecule has 3 N–H and O–H groups in total. The van der Waals surface area contributed by atoms with Gasteiger partial charge >= 0.3 is 6.03 Å². The standard InChI is InChI=1S/C18H22N2O5/c1-23-13-6-4-12(5-7-13)20-18(22)19-11-16(21)15-10-14(24-2)8-9-17(15)25-3/h4-10,16,21H,11H2,1-3H3,(H2,19,20,22)/t16-/m0/s1. The number of anilines is 1. The molecule has 0 aliphatic carbocycles. The Kier molecular flexibility index (Phi) is 6.47. The summed E-state index contributed by atoms with van der Waals surface area (Å²) in [5, 5.41) is 15.6. The summed E-state index contributed by atoms with van der Waals surface area (Å²) < 4.78 is 15.4. The molecule has 2 aromatic carbocycles. The second kappa shape index (κ2) is 8.79. The first-order valence-corrected chi connectivity index (χ1v) is 7.66. The molecular weight excluding hydrogens is 324 g/mol. The molecule has 2 rings (SSSR count). The van der Waals surface area contributed by atoms with Crippen molar-refractivity contribution in [3.05, 3.63) is 48.0 Å². The number of rotatable bonds is 7. The minimum Gasteiger partial charge on any atom is -0.497 e. The highest BCUT2D eigenvalue weighted by Gasteiger charge is 2.15. The largest absolute Gasteiger partial charge is 0.497 e. The van der Waals surface area contributed by atoms with Gasteiger partial charge in [-0.3, -0.25) is 0 Å². The van der Waals surface area contributed by atoms with Crippen LogP contribution in [0.25, 0.3) is 0 Å². The van der Waals surface area contributed by atoms with E-state index >= 15 is 0 Å². The number of urea groups is 1. The lowest BCUT2D eigenvalue weighted by Crippen LogP contribution is -2.32. The zero-order valence-electron chi connectivity index (χ0n) is 14.4. The first-order chi connectivity index (χ1) is 12.1. The average molecular weight is 346 g/mol. The second-order valence-corrected chi connectivity index (χ2v) is 5.19. The molecule has 0 bridgehead atoms. The van der Waals surface area contributed by atoms with Gasteiger partial charge in [0, 0.05) is 17.8 Å². The van der Waals surface area contributed by atoms with Crippen LogP contribution in [0.4, 0.5) is 10.5 Å². The predicted octanol–water partition coefficient (Wildman–Crippen LogP) is 2.57. The summed E-state index contributed by atoms with van der Waals surface area (Å²) in [4.78, 5) is 12.0. The van der Waals surface area contributed by atoms with Gasteiger partial charge in [0.2, 0.25) is 0 Å². The third-order valence-electron chi connectivity index (χ3n) is 3.60. The molecule has 7 nitrogen and oxygen atoms in total. The highest BCUT2D eigenvalue weighted by atomic mass is 16.5. The maximum absolute atomic E-state index is 12.0. The minimum atomic E-state index is -0.938. The summed E-state index contributed by atoms with van der Waals surface area (Å²) in [5.74, 6) is 1.81. The van der Waals surface area contributed by atoms with Gasteiger partial charge in [0.15, 0.2) is 0 Å². The van der Waals surface area contributed by atoms with Crippen LogP contribution in [-0.2, 0) is 0 Å². The van der Waals surface area contributed by atoms with Crippen molar-refractivity contribution in [3.63, 3.8) is 0 Å². The van der Waals surface area contributed by atoms with E-state index in [0.29, 0.717) is 28.5 Å². The van der Waals surface area contributed by atoms with Gasteiger partial charge in [-0.25, -0.2) is 4.79 Å². The van der Waals surface area contributed by atoms with Crippen molar-refractivity contribution in [2.24, 2.45) is 0 Å². The van der Waals surface area contributed by atoms with Crippen molar-refractivity contribution in [2.75, 3.05) is 33.2 Å². The van der Waals surface area contributed by atoms with E-state index in [9.17, 15) is 9.90 Å². The maximum atomic E-state index is 12.0. The highest BCUT2D eigenvalue weighted by molar-refractivity contribution is 5.89. The minimum absolute atomic E-state index is 0.0194. The molecule has 0 aliphatic heterocycles. The van der Waals surface area contributed by atoms with Gasteiger partial charge in [0.05, 0.1) is 21.3 Å². The van der Waals surface area contributed by atoms with E-state index in [-0.39, 0.29) is 6.54 Å². The Morgan fingerprint density at radius 2 is 1.64 bits per heavy atom. The number of benzene rings is 2. The number of amides is 2. The number of ether oxygens (including phenoxy) is 3. The molecule has 2 aromatic rings. The van der Waals surface area contributed by atoms with Crippen molar-refractivity contribution < 1.29 is 24.1 Å². The van der Waals surface area contributed by atoms with E-state index in [1.54, 1.807) is 56.7 Å². The predicted molar refractivity (Wildman–Crippen MR) is 94.5 cm³/mol. The fraction of sp³-hybridized carbons (Fsp3) is 0.278. The Morgan fingerprint density at radius 3 is 2.24 bits per heavy atom. The Morgan fingerprint density at radius 1 is 1.00 bits per heavy atom. The van der Waals surface area contributed by atoms with Crippen molar-refractivity contribution in [3.8, 4) is 17.2 Å². The number of nitrogens with one attached hydrogen (secondary N) is 2. The molecule has 0 aromatic heterocycles. The van der Waals surface area contributed by atoms with Crippen LogP contribution in [0.3, 0.4) is 0 Å². The van der Waals surface area contributed by atoms with E-state index in [1.807, 2.05) is 0 Å². The molecule has 0 unspecified atom stereocenters. The Hall–Kier alpha value is -2.93. The smallest absolute Gasteiger partial charge is 0.319 e. The number of hydrogen-bond donors (Lipinski definition) is 3. The Bertz CT molecular complexity index is 703. The molecule has 134 valence electrons. The molecule has 0 fully saturated rings. The number of aliphatic hydroxyl groups is 1. The van der Waals surface area contributed by atoms with Crippen LogP contribution in [0, 0.1) is 0 Å². The fourth-order valence-corrected chi connectivity index (χ4v) is 2.25. The van der Waals surface area contributed by atoms with Gasteiger partial charge in [-0.05, 0) is 42.5 Å². The lowest BCUT2D eigenvalue weighted by molar-refractivity contribution is 0.170. The second-order valence-electron chi connectivity index (χ2n) is 5.19. The molecule has 0 heterocycles. The number of carbonyl (C=O) groups is 1. The molecule has 1 atom stereocenters. The highest BCUT2D eigenvalue weighted by Crippen LogP contribution is 2.29. The Balaban J connectivity index is 1.94. The third-order valence-corrected chi connectivity index (χ3v) is 3.60. The maximum Gasteiger partial charge on any atom is 0.319 e. The summed E-state index contributed by atoms with van der Waals surface area (Å²) in [6, 6.07) is 11.6. The molecule has 0 radical (unpaired) electrons. The monoisotopic (exact) mass is 346 g/mol. The van der Waals surface area contributed by atoms with E-state index in [2.05, 4.69) is 10.6 Å². The lowest BCUT2D eigenvalue weighted by Gasteiger charge is -2.17. The van der Waals surface area contributed by atoms with Crippen LogP contribution < -0.4 is 24.8 Å². The normalized spacial score (nSPS) is 11.4. The molecule has 0 spiro atoms. The number of carbonyl (C=O) groups excluding carboxylic acids is 1. The number of aliphatic hydroxyl groups excluding tert-OH is 1. The quantitative estimate of drug-likeness (QED) is 0.717. The molecule has 2 amide bonds. The molecule has 0 saturated heterocycles. The summed E-state index contributed by atoms with van der Waals surface area (Å²) in [5.41, 5.74) is 1.15. The zero-order chi connectivity index (χ0) is 18.2. The fourth-order valence-electron chi connectivity index (χ4n) is 2.25. The molecule has 25 heavy (non-hydrogen) atoms. The van der Waals surface area contributed by atoms with Crippen molar-refractivity contribution in [2.45, 2.75) is 6.10 Å². The van der Waals surface area contributed by atoms with E-state index in [4.69, 9.17) is 14.2 Å². The lowest BCUT2D eigenvalue weighted by atomic mass is 10.1. The summed E-state index contributed by atoms with van der Waals surface area (Å²) in [7, 11) is 4.63. The number of methoxy groups -OCH3 is 3. The summed E-state index contributed by atoms with van der Waals surface area (Å²) in [6.45, 7) is 0.0194. The first-order valence-electron chi connectivity index (χ1n) is 7.66. The summed E-state index contributed by atoms with van der Waals surface area (Å²) >= 11 is 0. The van der Waals surface area contributed by atoms with Gasteiger partial charge in [0.1, 0.15) is 23.4 Å².